The van der Waals surface area contributed by atoms with Gasteiger partial charge in [0.1, 0.15) is 5.82 Å². The van der Waals surface area contributed by atoms with Crippen LogP contribution in [0.5, 0.6) is 0 Å². The summed E-state index contributed by atoms with van der Waals surface area (Å²) in [6, 6.07) is 13.1. The summed E-state index contributed by atoms with van der Waals surface area (Å²) in [5, 5.41) is 11.5. The van der Waals surface area contributed by atoms with E-state index < -0.39 is 11.8 Å². The van der Waals surface area contributed by atoms with Gasteiger partial charge in [-0.05, 0) is 42.0 Å². The van der Waals surface area contributed by atoms with Crippen LogP contribution in [0.2, 0.25) is 0 Å². The molecule has 1 unspecified atom stereocenters. The third kappa shape index (κ3) is 3.65. The summed E-state index contributed by atoms with van der Waals surface area (Å²) in [6.07, 6.45) is 3.94. The minimum Gasteiger partial charge on any atom is -0.383 e. The number of carbonyl (C=O) groups is 2. The number of benzene rings is 1. The van der Waals surface area contributed by atoms with Gasteiger partial charge in [-0.2, -0.15) is 5.26 Å². The van der Waals surface area contributed by atoms with Crippen LogP contribution in [-0.2, 0) is 4.79 Å². The van der Waals surface area contributed by atoms with Crippen LogP contribution in [0.15, 0.2) is 71.5 Å². The number of amides is 1. The van der Waals surface area contributed by atoms with Gasteiger partial charge in [-0.15, -0.1) is 0 Å². The molecule has 1 aliphatic heterocycles. The molecule has 7 nitrogen and oxygen atoms in total. The number of nitrogens with two attached hydrogens (primary N) is 1. The van der Waals surface area contributed by atoms with Crippen LogP contribution in [0.1, 0.15) is 54.1 Å². The molecule has 1 aliphatic carbocycles. The molecule has 162 valence electrons. The Labute approximate surface area is 187 Å². The molecule has 0 fully saturated rings. The Balaban J connectivity index is 1.89. The summed E-state index contributed by atoms with van der Waals surface area (Å²) in [5.41, 5.74) is 12.6. The lowest BCUT2D eigenvalue weighted by Crippen LogP contribution is -2.49. The molecule has 0 saturated carbocycles. The summed E-state index contributed by atoms with van der Waals surface area (Å²) >= 11 is 0. The second-order valence-corrected chi connectivity index (χ2v) is 9.01. The zero-order chi connectivity index (χ0) is 23.0. The first-order chi connectivity index (χ1) is 15.2. The molecule has 2 aliphatic rings. The zero-order valence-electron chi connectivity index (χ0n) is 18.3. The topological polar surface area (TPSA) is 112 Å². The average Bonchev–Trinajstić information content (AvgIpc) is 2.75. The van der Waals surface area contributed by atoms with E-state index in [1.54, 1.807) is 12.1 Å². The Morgan fingerprint density at radius 2 is 1.91 bits per heavy atom. The summed E-state index contributed by atoms with van der Waals surface area (Å²) in [6.45, 7) is 5.98. The smallest absolute Gasteiger partial charge is 0.270 e. The number of hydrogen-bond donors (Lipinski definition) is 2. The van der Waals surface area contributed by atoms with Crippen molar-refractivity contribution in [1.82, 2.24) is 15.4 Å². The van der Waals surface area contributed by atoms with E-state index in [1.807, 2.05) is 45.0 Å². The summed E-state index contributed by atoms with van der Waals surface area (Å²) in [5.74, 6) is -0.862. The van der Waals surface area contributed by atoms with Gasteiger partial charge in [0.15, 0.2) is 5.78 Å². The van der Waals surface area contributed by atoms with Crippen molar-refractivity contribution in [2.24, 2.45) is 11.1 Å². The third-order valence-corrected chi connectivity index (χ3v) is 6.04. The van der Waals surface area contributed by atoms with Crippen LogP contribution >= 0.6 is 0 Å². The number of hydrazine groups is 1. The number of ketones is 1. The maximum absolute atomic E-state index is 13.4. The van der Waals surface area contributed by atoms with Gasteiger partial charge in [0.2, 0.25) is 0 Å². The summed E-state index contributed by atoms with van der Waals surface area (Å²) in [4.78, 5) is 30.3. The summed E-state index contributed by atoms with van der Waals surface area (Å²) in [7, 11) is 0. The number of nitriles is 1. The number of rotatable bonds is 3. The van der Waals surface area contributed by atoms with E-state index in [0.717, 1.165) is 11.1 Å². The third-order valence-electron chi connectivity index (χ3n) is 6.04. The normalized spacial score (nSPS) is 20.0. The van der Waals surface area contributed by atoms with Crippen molar-refractivity contribution >= 4 is 11.7 Å². The number of nitrogens with one attached hydrogen (secondary N) is 1. The van der Waals surface area contributed by atoms with E-state index >= 15 is 0 Å². The number of Topliss-reactive ketones (excluding diaryl/α,β-unsaturated/α-hetero) is 1. The highest BCUT2D eigenvalue weighted by Gasteiger charge is 2.45. The van der Waals surface area contributed by atoms with E-state index in [9.17, 15) is 14.9 Å². The van der Waals surface area contributed by atoms with Gasteiger partial charge in [0, 0.05) is 30.0 Å². The molecule has 3 N–H and O–H groups in total. The van der Waals surface area contributed by atoms with E-state index in [4.69, 9.17) is 5.73 Å². The first-order valence-electron chi connectivity index (χ1n) is 10.5. The fourth-order valence-electron chi connectivity index (χ4n) is 4.53. The van der Waals surface area contributed by atoms with Crippen molar-refractivity contribution in [1.29, 1.82) is 5.26 Å². The molecule has 7 heteroatoms. The van der Waals surface area contributed by atoms with Gasteiger partial charge in [-0.25, -0.2) is 5.01 Å². The molecule has 1 aromatic heterocycles. The average molecular weight is 428 g/mol. The van der Waals surface area contributed by atoms with Gasteiger partial charge in [0.25, 0.3) is 5.91 Å². The van der Waals surface area contributed by atoms with Gasteiger partial charge in [-0.3, -0.25) is 20.0 Å². The van der Waals surface area contributed by atoms with Crippen LogP contribution < -0.4 is 11.2 Å². The molecule has 1 amide bonds. The highest BCUT2D eigenvalue weighted by atomic mass is 16.2. The molecule has 32 heavy (non-hydrogen) atoms. The number of aromatic nitrogens is 1. The Morgan fingerprint density at radius 3 is 2.56 bits per heavy atom. The van der Waals surface area contributed by atoms with Crippen molar-refractivity contribution in [2.45, 2.75) is 39.5 Å². The quantitative estimate of drug-likeness (QED) is 0.776. The lowest BCUT2D eigenvalue weighted by molar-refractivity contribution is -0.118. The maximum Gasteiger partial charge on any atom is 0.270 e. The predicted octanol–water partition coefficient (Wildman–Crippen LogP) is 3.47. The molecule has 2 heterocycles. The zero-order valence-corrected chi connectivity index (χ0v) is 18.3. The lowest BCUT2D eigenvalue weighted by Gasteiger charge is -2.43. The number of hydrogen-bond acceptors (Lipinski definition) is 6. The van der Waals surface area contributed by atoms with Crippen molar-refractivity contribution in [3.05, 3.63) is 88.1 Å². The molecule has 0 radical (unpaired) electrons. The fourth-order valence-corrected chi connectivity index (χ4v) is 4.53. The van der Waals surface area contributed by atoms with Crippen molar-refractivity contribution in [2.75, 3.05) is 0 Å². The second kappa shape index (κ2) is 7.97. The number of allylic oxidation sites excluding steroid dienone is 3. The minimum atomic E-state index is -0.561. The fraction of sp³-hybridized carbons (Fsp3) is 0.280. The molecule has 4 rings (SSSR count). The minimum absolute atomic E-state index is 0.0343. The van der Waals surface area contributed by atoms with E-state index in [-0.39, 0.29) is 22.6 Å². The summed E-state index contributed by atoms with van der Waals surface area (Å²) < 4.78 is 0. The van der Waals surface area contributed by atoms with Gasteiger partial charge in [0.05, 0.1) is 23.3 Å². The molecule has 1 aromatic carbocycles. The first kappa shape index (κ1) is 21.3. The monoisotopic (exact) mass is 427 g/mol. The van der Waals surface area contributed by atoms with Crippen LogP contribution in [-0.4, -0.2) is 21.7 Å². The number of pyridine rings is 1. The van der Waals surface area contributed by atoms with Crippen LogP contribution in [0.25, 0.3) is 0 Å². The Morgan fingerprint density at radius 1 is 1.22 bits per heavy atom. The van der Waals surface area contributed by atoms with Gasteiger partial charge >= 0.3 is 0 Å². The van der Waals surface area contributed by atoms with Crippen LogP contribution in [0.4, 0.5) is 0 Å². The number of nitrogens with zero attached hydrogens (tertiary/aromatic N) is 3. The van der Waals surface area contributed by atoms with Crippen molar-refractivity contribution < 1.29 is 9.59 Å². The molecule has 2 aromatic rings. The second-order valence-electron chi connectivity index (χ2n) is 9.01. The standard InChI is InChI=1S/C25H25N5O2/c1-15-6-4-5-7-17(15)21-18(14-26)23(27)30(29-24(32)16-8-10-28-11-9-16)19-12-25(2,3)13-20(31)22(19)21/h4-11,21H,12-13,27H2,1-3H3,(H,29,32). The molecular formula is C25H25N5O2. The lowest BCUT2D eigenvalue weighted by atomic mass is 9.68. The SMILES string of the molecule is Cc1ccccc1C1C(C#N)=C(N)N(NC(=O)c2ccncc2)C2=C1C(=O)CC(C)(C)C2. The number of aryl methyl sites for hydroxylation is 1. The predicted molar refractivity (Wildman–Crippen MR) is 119 cm³/mol. The molecule has 1 atom stereocenters. The largest absolute Gasteiger partial charge is 0.383 e. The highest BCUT2D eigenvalue weighted by Crippen LogP contribution is 2.48. The maximum atomic E-state index is 13.4. The number of carbonyl (C=O) groups excluding carboxylic acids is 2. The first-order valence-corrected chi connectivity index (χ1v) is 10.5. The Bertz CT molecular complexity index is 1200. The molecule has 0 spiro atoms. The van der Waals surface area contributed by atoms with Crippen LogP contribution in [0, 0.1) is 23.7 Å². The molecule has 0 saturated heterocycles. The molecular weight excluding hydrogens is 402 g/mol. The van der Waals surface area contributed by atoms with E-state index in [0.29, 0.717) is 29.7 Å². The highest BCUT2D eigenvalue weighted by molar-refractivity contribution is 6.01. The molecule has 0 bridgehead atoms. The van der Waals surface area contributed by atoms with Crippen molar-refractivity contribution in [3.8, 4) is 6.07 Å². The van der Waals surface area contributed by atoms with Gasteiger partial charge in [-0.1, -0.05) is 38.1 Å². The van der Waals surface area contributed by atoms with Crippen molar-refractivity contribution in [3.63, 3.8) is 0 Å². The van der Waals surface area contributed by atoms with E-state index in [1.165, 1.54) is 17.4 Å². The van der Waals surface area contributed by atoms with Crippen LogP contribution in [0.3, 0.4) is 0 Å². The Hall–Kier alpha value is -3.92. The van der Waals surface area contributed by atoms with E-state index in [2.05, 4.69) is 16.5 Å². The van der Waals surface area contributed by atoms with Gasteiger partial charge < -0.3 is 5.73 Å². The Kier molecular flexibility index (Phi) is 5.31.